The molecule has 0 aromatic carbocycles. The molecule has 0 aliphatic heterocycles. The summed E-state index contributed by atoms with van der Waals surface area (Å²) < 4.78 is 12.0. The van der Waals surface area contributed by atoms with E-state index in [9.17, 15) is 4.39 Å². The highest BCUT2D eigenvalue weighted by Crippen LogP contribution is 2.02. The molecule has 0 radical (unpaired) electrons. The summed E-state index contributed by atoms with van der Waals surface area (Å²) in [5.41, 5.74) is 0. The van der Waals surface area contributed by atoms with Gasteiger partial charge in [-0.1, -0.05) is 0 Å². The number of alkyl halides is 1. The maximum atomic E-state index is 12.0. The van der Waals surface area contributed by atoms with Crippen molar-refractivity contribution >= 4 is 0 Å². The molecule has 0 spiro atoms. The van der Waals surface area contributed by atoms with Crippen molar-refractivity contribution in [3.63, 3.8) is 0 Å². The van der Waals surface area contributed by atoms with Crippen molar-refractivity contribution < 1.29 is 4.39 Å². The molecule has 0 aromatic rings. The Morgan fingerprint density at radius 2 is 1.44 bits per heavy atom. The molecule has 0 saturated carbocycles. The maximum Gasteiger partial charge on any atom is 0.215 e. The minimum absolute atomic E-state index is 1.16. The highest BCUT2D eigenvalue weighted by Gasteiger charge is 2.18. The zero-order chi connectivity index (χ0) is 7.28. The van der Waals surface area contributed by atoms with E-state index in [1.165, 1.54) is 12.1 Å². The second-order valence-electron chi connectivity index (χ2n) is 1.27. The smallest absolute Gasteiger partial charge is 0.215 e. The van der Waals surface area contributed by atoms with Gasteiger partial charge in [0.2, 0.25) is 6.17 Å². The molecule has 1 unspecified atom stereocenters. The molecular formula is C5H2FN3. The summed E-state index contributed by atoms with van der Waals surface area (Å²) in [5, 5.41) is 23.8. The van der Waals surface area contributed by atoms with Crippen LogP contribution in [0.1, 0.15) is 0 Å². The molecule has 0 rings (SSSR count). The average molecular weight is 123 g/mol. The molecule has 3 nitrogen and oxygen atoms in total. The summed E-state index contributed by atoms with van der Waals surface area (Å²) in [6.07, 6.45) is -1.99. The first kappa shape index (κ1) is 7.40. The lowest BCUT2D eigenvalue weighted by molar-refractivity contribution is 0.374. The summed E-state index contributed by atoms with van der Waals surface area (Å²) in [6.45, 7) is 0. The molecule has 0 aromatic heterocycles. The summed E-state index contributed by atoms with van der Waals surface area (Å²) in [6, 6.07) is 3.84. The van der Waals surface area contributed by atoms with Crippen LogP contribution in [0, 0.1) is 39.9 Å². The van der Waals surface area contributed by atoms with Crippen LogP contribution in [0.4, 0.5) is 4.39 Å². The van der Waals surface area contributed by atoms with Crippen molar-refractivity contribution in [3.8, 4) is 18.2 Å². The van der Waals surface area contributed by atoms with Crippen LogP contribution in [0.15, 0.2) is 0 Å². The zero-order valence-electron chi connectivity index (χ0n) is 4.37. The standard InChI is InChI=1S/C5H2FN3/c6-5(3-9)4(1-7)2-8/h4-5H. The van der Waals surface area contributed by atoms with Gasteiger partial charge in [0.05, 0.1) is 12.1 Å². The van der Waals surface area contributed by atoms with Crippen LogP contribution in [0.25, 0.3) is 0 Å². The normalized spacial score (nSPS) is 11.0. The Kier molecular flexibility index (Phi) is 2.80. The van der Waals surface area contributed by atoms with Crippen molar-refractivity contribution in [2.75, 3.05) is 0 Å². The first-order chi connectivity index (χ1) is 4.26. The second-order valence-corrected chi connectivity index (χ2v) is 1.27. The molecule has 0 N–H and O–H groups in total. The van der Waals surface area contributed by atoms with Gasteiger partial charge >= 0.3 is 0 Å². The first-order valence-electron chi connectivity index (χ1n) is 2.09. The van der Waals surface area contributed by atoms with Crippen LogP contribution in [0.2, 0.25) is 0 Å². The molecule has 0 aliphatic carbocycles. The van der Waals surface area contributed by atoms with E-state index in [4.69, 9.17) is 15.8 Å². The Balaban J connectivity index is 4.08. The number of nitriles is 3. The van der Waals surface area contributed by atoms with Gasteiger partial charge in [0.1, 0.15) is 6.07 Å². The Labute approximate surface area is 51.5 Å². The summed E-state index contributed by atoms with van der Waals surface area (Å²) in [5.74, 6) is -1.45. The van der Waals surface area contributed by atoms with E-state index in [-0.39, 0.29) is 0 Å². The van der Waals surface area contributed by atoms with Crippen LogP contribution >= 0.6 is 0 Å². The van der Waals surface area contributed by atoms with Gasteiger partial charge in [-0.15, -0.1) is 0 Å². The van der Waals surface area contributed by atoms with Gasteiger partial charge in [0.25, 0.3) is 0 Å². The molecule has 0 aliphatic rings. The quantitative estimate of drug-likeness (QED) is 0.510. The molecule has 9 heavy (non-hydrogen) atoms. The predicted molar refractivity (Wildman–Crippen MR) is 25.2 cm³/mol. The monoisotopic (exact) mass is 123 g/mol. The van der Waals surface area contributed by atoms with Crippen molar-refractivity contribution in [2.45, 2.75) is 6.17 Å². The fraction of sp³-hybridized carbons (Fsp3) is 0.400. The lowest BCUT2D eigenvalue weighted by atomic mass is 10.1. The van der Waals surface area contributed by atoms with E-state index in [0.717, 1.165) is 6.07 Å². The number of hydrogen-bond donors (Lipinski definition) is 0. The fourth-order valence-electron chi connectivity index (χ4n) is 0.234. The molecule has 0 bridgehead atoms. The lowest BCUT2D eigenvalue weighted by Gasteiger charge is -1.92. The number of hydrogen-bond acceptors (Lipinski definition) is 3. The molecule has 1 atom stereocenters. The Morgan fingerprint density at radius 3 is 1.56 bits per heavy atom. The van der Waals surface area contributed by atoms with Gasteiger partial charge in [-0.2, -0.15) is 15.8 Å². The largest absolute Gasteiger partial charge is 0.228 e. The van der Waals surface area contributed by atoms with Gasteiger partial charge < -0.3 is 0 Å². The third-order valence-electron chi connectivity index (χ3n) is 0.694. The van der Waals surface area contributed by atoms with Gasteiger partial charge in [-0.05, 0) is 0 Å². The van der Waals surface area contributed by atoms with E-state index < -0.39 is 12.1 Å². The van der Waals surface area contributed by atoms with Crippen molar-refractivity contribution in [1.82, 2.24) is 0 Å². The molecule has 44 valence electrons. The fourth-order valence-corrected chi connectivity index (χ4v) is 0.234. The molecule has 0 amide bonds. The number of halogens is 1. The van der Waals surface area contributed by atoms with Gasteiger partial charge in [-0.25, -0.2) is 4.39 Å². The molecule has 0 fully saturated rings. The van der Waals surface area contributed by atoms with Crippen molar-refractivity contribution in [1.29, 1.82) is 15.8 Å². The summed E-state index contributed by atoms with van der Waals surface area (Å²) in [4.78, 5) is 0. The third kappa shape index (κ3) is 1.76. The Morgan fingerprint density at radius 1 is 1.00 bits per heavy atom. The molecule has 0 saturated heterocycles. The third-order valence-corrected chi connectivity index (χ3v) is 0.694. The van der Waals surface area contributed by atoms with E-state index in [2.05, 4.69) is 0 Å². The van der Waals surface area contributed by atoms with Crippen LogP contribution in [0.3, 0.4) is 0 Å². The van der Waals surface area contributed by atoms with Crippen molar-refractivity contribution in [3.05, 3.63) is 0 Å². The molecule has 4 heteroatoms. The van der Waals surface area contributed by atoms with Crippen LogP contribution in [-0.2, 0) is 0 Å². The van der Waals surface area contributed by atoms with E-state index in [1.807, 2.05) is 0 Å². The van der Waals surface area contributed by atoms with E-state index in [1.54, 1.807) is 0 Å². The summed E-state index contributed by atoms with van der Waals surface area (Å²) in [7, 11) is 0. The van der Waals surface area contributed by atoms with Crippen LogP contribution in [-0.4, -0.2) is 6.17 Å². The van der Waals surface area contributed by atoms with Gasteiger partial charge in [-0.3, -0.25) is 0 Å². The first-order valence-corrected chi connectivity index (χ1v) is 2.09. The zero-order valence-corrected chi connectivity index (χ0v) is 4.37. The highest BCUT2D eigenvalue weighted by molar-refractivity contribution is 5.09. The highest BCUT2D eigenvalue weighted by atomic mass is 19.1. The van der Waals surface area contributed by atoms with Crippen LogP contribution in [0.5, 0.6) is 0 Å². The Bertz CT molecular complexity index is 190. The van der Waals surface area contributed by atoms with Crippen LogP contribution < -0.4 is 0 Å². The molecule has 0 heterocycles. The lowest BCUT2D eigenvalue weighted by Crippen LogP contribution is -2.08. The minimum atomic E-state index is -1.99. The van der Waals surface area contributed by atoms with Crippen molar-refractivity contribution in [2.24, 2.45) is 5.92 Å². The predicted octanol–water partition coefficient (Wildman–Crippen LogP) is 0.511. The topological polar surface area (TPSA) is 71.4 Å². The maximum absolute atomic E-state index is 12.0. The second kappa shape index (κ2) is 3.41. The average Bonchev–Trinajstić information content (AvgIpc) is 1.90. The summed E-state index contributed by atoms with van der Waals surface area (Å²) >= 11 is 0. The Hall–Kier alpha value is -1.60. The number of rotatable bonds is 1. The van der Waals surface area contributed by atoms with E-state index in [0.29, 0.717) is 0 Å². The van der Waals surface area contributed by atoms with Gasteiger partial charge in [0, 0.05) is 0 Å². The van der Waals surface area contributed by atoms with E-state index >= 15 is 0 Å². The van der Waals surface area contributed by atoms with Gasteiger partial charge in [0.15, 0.2) is 5.92 Å². The number of nitrogens with zero attached hydrogens (tertiary/aromatic N) is 3. The molecular weight excluding hydrogens is 121 g/mol. The minimum Gasteiger partial charge on any atom is -0.228 e. The SMILES string of the molecule is N#CC(F)C(C#N)C#N.